The van der Waals surface area contributed by atoms with Gasteiger partial charge in [-0.1, -0.05) is 36.2 Å². The smallest absolute Gasteiger partial charge is 0.0168 e. The molecule has 0 spiro atoms. The fraction of sp³-hybridized carbons (Fsp3) is 1.00. The number of halogens is 1. The van der Waals surface area contributed by atoms with Gasteiger partial charge in [0, 0.05) is 4.83 Å². The van der Waals surface area contributed by atoms with Crippen molar-refractivity contribution in [2.75, 3.05) is 0 Å². The lowest BCUT2D eigenvalue weighted by Gasteiger charge is -2.23. The summed E-state index contributed by atoms with van der Waals surface area (Å²) in [7, 11) is 0. The van der Waals surface area contributed by atoms with Crippen molar-refractivity contribution in [3.05, 3.63) is 0 Å². The van der Waals surface area contributed by atoms with Gasteiger partial charge in [0.15, 0.2) is 0 Å². The van der Waals surface area contributed by atoms with Crippen LogP contribution in [0.1, 0.15) is 52.4 Å². The highest BCUT2D eigenvalue weighted by Gasteiger charge is 2.39. The normalized spacial score (nSPS) is 38.1. The van der Waals surface area contributed by atoms with Crippen molar-refractivity contribution in [3.63, 3.8) is 0 Å². The summed E-state index contributed by atoms with van der Waals surface area (Å²) in [6, 6.07) is 0. The van der Waals surface area contributed by atoms with Crippen molar-refractivity contribution in [1.29, 1.82) is 0 Å². The number of hydrogen-bond acceptors (Lipinski definition) is 0. The molecule has 0 aliphatic heterocycles. The van der Waals surface area contributed by atoms with Gasteiger partial charge in [-0.3, -0.25) is 0 Å². The minimum Gasteiger partial charge on any atom is -0.0888 e. The van der Waals surface area contributed by atoms with E-state index in [0.717, 1.165) is 28.5 Å². The Morgan fingerprint density at radius 1 is 1.21 bits per heavy atom. The second kappa shape index (κ2) is 4.55. The zero-order valence-corrected chi connectivity index (χ0v) is 11.1. The van der Waals surface area contributed by atoms with E-state index in [1.165, 1.54) is 12.8 Å². The lowest BCUT2D eigenvalue weighted by atomic mass is 9.84. The molecule has 0 aromatic rings. The van der Waals surface area contributed by atoms with Crippen molar-refractivity contribution in [3.8, 4) is 0 Å². The number of rotatable bonds is 4. The Kier molecular flexibility index (Phi) is 3.57. The standard InChI is InChI=1S/C13H23Br/c1-9(2)13(14)6-5-12-8-10-3-4-11(12)7-10/h9-13H,3-8H2,1-2H3. The molecule has 82 valence electrons. The van der Waals surface area contributed by atoms with Gasteiger partial charge in [-0.25, -0.2) is 0 Å². The van der Waals surface area contributed by atoms with Gasteiger partial charge in [0.05, 0.1) is 0 Å². The molecule has 2 bridgehead atoms. The van der Waals surface area contributed by atoms with Gasteiger partial charge in [0.25, 0.3) is 0 Å². The molecule has 0 radical (unpaired) electrons. The van der Waals surface area contributed by atoms with Crippen LogP contribution in [0.2, 0.25) is 0 Å². The summed E-state index contributed by atoms with van der Waals surface area (Å²) < 4.78 is 0. The van der Waals surface area contributed by atoms with E-state index in [1.54, 1.807) is 25.7 Å². The van der Waals surface area contributed by atoms with E-state index in [2.05, 4.69) is 29.8 Å². The van der Waals surface area contributed by atoms with Crippen LogP contribution in [0.15, 0.2) is 0 Å². The lowest BCUT2D eigenvalue weighted by Crippen LogP contribution is -2.14. The molecule has 1 heteroatoms. The van der Waals surface area contributed by atoms with E-state index in [0.29, 0.717) is 0 Å². The summed E-state index contributed by atoms with van der Waals surface area (Å²) in [5, 5.41) is 0. The van der Waals surface area contributed by atoms with Crippen molar-refractivity contribution < 1.29 is 0 Å². The first kappa shape index (κ1) is 11.0. The molecular formula is C13H23Br. The van der Waals surface area contributed by atoms with Crippen molar-refractivity contribution in [2.24, 2.45) is 23.7 Å². The maximum Gasteiger partial charge on any atom is 0.0168 e. The third-order valence-electron chi connectivity index (χ3n) is 4.42. The quantitative estimate of drug-likeness (QED) is 0.646. The highest BCUT2D eigenvalue weighted by molar-refractivity contribution is 9.09. The molecule has 0 N–H and O–H groups in total. The fourth-order valence-electron chi connectivity index (χ4n) is 3.44. The Bertz CT molecular complexity index is 188. The van der Waals surface area contributed by atoms with Gasteiger partial charge in [0.2, 0.25) is 0 Å². The Morgan fingerprint density at radius 3 is 2.50 bits per heavy atom. The van der Waals surface area contributed by atoms with Crippen LogP contribution in [0.4, 0.5) is 0 Å². The topological polar surface area (TPSA) is 0 Å². The predicted molar refractivity (Wildman–Crippen MR) is 65.7 cm³/mol. The lowest BCUT2D eigenvalue weighted by molar-refractivity contribution is 0.303. The van der Waals surface area contributed by atoms with Crippen molar-refractivity contribution in [1.82, 2.24) is 0 Å². The zero-order chi connectivity index (χ0) is 10.1. The Hall–Kier alpha value is 0.480. The van der Waals surface area contributed by atoms with E-state index in [1.807, 2.05) is 0 Å². The molecule has 4 unspecified atom stereocenters. The molecule has 14 heavy (non-hydrogen) atoms. The molecule has 0 aromatic carbocycles. The van der Waals surface area contributed by atoms with Crippen LogP contribution in [0.5, 0.6) is 0 Å². The second-order valence-corrected chi connectivity index (χ2v) is 6.95. The van der Waals surface area contributed by atoms with Crippen molar-refractivity contribution >= 4 is 15.9 Å². The van der Waals surface area contributed by atoms with Crippen LogP contribution in [0.3, 0.4) is 0 Å². The highest BCUT2D eigenvalue weighted by atomic mass is 79.9. The Morgan fingerprint density at radius 2 is 2.00 bits per heavy atom. The van der Waals surface area contributed by atoms with E-state index in [4.69, 9.17) is 0 Å². The number of hydrogen-bond donors (Lipinski definition) is 0. The molecule has 2 saturated carbocycles. The number of fused-ring (bicyclic) bond motifs is 2. The summed E-state index contributed by atoms with van der Waals surface area (Å²) in [5.74, 6) is 4.13. The fourth-order valence-corrected chi connectivity index (χ4v) is 3.70. The maximum absolute atomic E-state index is 3.80. The van der Waals surface area contributed by atoms with Gasteiger partial charge >= 0.3 is 0 Å². The summed E-state index contributed by atoms with van der Waals surface area (Å²) in [6.07, 6.45) is 9.09. The molecule has 2 rings (SSSR count). The molecule has 2 aliphatic rings. The van der Waals surface area contributed by atoms with Crippen LogP contribution in [-0.2, 0) is 0 Å². The minimum absolute atomic E-state index is 0.752. The largest absolute Gasteiger partial charge is 0.0888 e. The second-order valence-electron chi connectivity index (χ2n) is 5.77. The first-order chi connectivity index (χ1) is 6.66. The third kappa shape index (κ3) is 2.35. The van der Waals surface area contributed by atoms with Crippen molar-refractivity contribution in [2.45, 2.75) is 57.2 Å². The van der Waals surface area contributed by atoms with E-state index >= 15 is 0 Å². The van der Waals surface area contributed by atoms with Crippen LogP contribution in [-0.4, -0.2) is 4.83 Å². The van der Waals surface area contributed by atoms with Gasteiger partial charge in [-0.15, -0.1) is 0 Å². The summed E-state index contributed by atoms with van der Waals surface area (Å²) in [5.41, 5.74) is 0. The average Bonchev–Trinajstić information content (AvgIpc) is 2.74. The summed E-state index contributed by atoms with van der Waals surface area (Å²) in [4.78, 5) is 0.752. The molecular weight excluding hydrogens is 236 g/mol. The Labute approximate surface area is 97.0 Å². The predicted octanol–water partition coefficient (Wildman–Crippen LogP) is 4.62. The van der Waals surface area contributed by atoms with Gasteiger partial charge in [-0.05, 0) is 55.8 Å². The van der Waals surface area contributed by atoms with Crippen LogP contribution < -0.4 is 0 Å². The molecule has 2 aliphatic carbocycles. The molecule has 0 aromatic heterocycles. The van der Waals surface area contributed by atoms with E-state index in [9.17, 15) is 0 Å². The van der Waals surface area contributed by atoms with Crippen LogP contribution in [0, 0.1) is 23.7 Å². The van der Waals surface area contributed by atoms with Gasteiger partial charge in [-0.2, -0.15) is 0 Å². The first-order valence-corrected chi connectivity index (χ1v) is 7.22. The monoisotopic (exact) mass is 258 g/mol. The van der Waals surface area contributed by atoms with Gasteiger partial charge in [0.1, 0.15) is 0 Å². The zero-order valence-electron chi connectivity index (χ0n) is 9.51. The third-order valence-corrected chi connectivity index (χ3v) is 5.94. The molecule has 0 heterocycles. The molecule has 0 saturated heterocycles. The number of alkyl halides is 1. The molecule has 2 fully saturated rings. The van der Waals surface area contributed by atoms with E-state index in [-0.39, 0.29) is 0 Å². The minimum atomic E-state index is 0.752. The van der Waals surface area contributed by atoms with Crippen LogP contribution in [0.25, 0.3) is 0 Å². The SMILES string of the molecule is CC(C)C(Br)CCC1CC2CCC1C2. The molecule has 0 nitrogen and oxygen atoms in total. The van der Waals surface area contributed by atoms with Crippen LogP contribution >= 0.6 is 15.9 Å². The molecule has 4 atom stereocenters. The summed E-state index contributed by atoms with van der Waals surface area (Å²) in [6.45, 7) is 4.64. The van der Waals surface area contributed by atoms with E-state index < -0.39 is 0 Å². The van der Waals surface area contributed by atoms with Gasteiger partial charge < -0.3 is 0 Å². The maximum atomic E-state index is 3.80. The Balaban J connectivity index is 1.71. The highest BCUT2D eigenvalue weighted by Crippen LogP contribution is 2.50. The average molecular weight is 259 g/mol. The molecule has 0 amide bonds. The first-order valence-electron chi connectivity index (χ1n) is 6.31. The summed E-state index contributed by atoms with van der Waals surface area (Å²) >= 11 is 3.80.